The molecule has 0 saturated carbocycles. The molecule has 1 aromatic carbocycles. The summed E-state index contributed by atoms with van der Waals surface area (Å²) in [6.07, 6.45) is -0.215. The van der Waals surface area contributed by atoms with Crippen molar-refractivity contribution in [2.45, 2.75) is 39.7 Å². The summed E-state index contributed by atoms with van der Waals surface area (Å²) in [7, 11) is -3.69. The molecule has 1 amide bonds. The largest absolute Gasteiger partial charge is 0.487 e. The standard InChI is InChI=1S/C11H13F2NO3.C4H10O3S/c1-6-3-10(9(13)4-8(6)12)16-5-7(2)17-11(14)15;1-2-3-4-8(5,6)7/h3-4,7H,5H2,1-2H3,(H2,14,15);2-4H2,1H3,(H,5,6,7)/t7-;/m0./s1. The minimum atomic E-state index is -3.69. The van der Waals surface area contributed by atoms with Gasteiger partial charge in [-0.05, 0) is 31.9 Å². The van der Waals surface area contributed by atoms with E-state index in [-0.39, 0.29) is 23.7 Å². The van der Waals surface area contributed by atoms with E-state index in [2.05, 4.69) is 4.74 Å². The molecule has 25 heavy (non-hydrogen) atoms. The number of carbonyl (C=O) groups excluding carboxylic acids is 1. The molecule has 10 heteroatoms. The highest BCUT2D eigenvalue weighted by Crippen LogP contribution is 2.21. The van der Waals surface area contributed by atoms with Crippen LogP contribution in [0.25, 0.3) is 0 Å². The Morgan fingerprint density at radius 1 is 1.32 bits per heavy atom. The predicted octanol–water partition coefficient (Wildman–Crippen LogP) is 2.81. The molecular weight excluding hydrogens is 360 g/mol. The Hall–Kier alpha value is -1.94. The Balaban J connectivity index is 0.000000609. The van der Waals surface area contributed by atoms with Crippen LogP contribution < -0.4 is 10.5 Å². The molecule has 1 rings (SSSR count). The fourth-order valence-corrected chi connectivity index (χ4v) is 2.16. The summed E-state index contributed by atoms with van der Waals surface area (Å²) in [5.41, 5.74) is 5.06. The Morgan fingerprint density at radius 3 is 2.36 bits per heavy atom. The quantitative estimate of drug-likeness (QED) is 0.700. The molecule has 7 nitrogen and oxygen atoms in total. The number of nitrogens with two attached hydrogens (primary N) is 1. The Morgan fingerprint density at radius 2 is 1.92 bits per heavy atom. The summed E-state index contributed by atoms with van der Waals surface area (Å²) in [4.78, 5) is 10.4. The summed E-state index contributed by atoms with van der Waals surface area (Å²) >= 11 is 0. The first-order valence-corrected chi connectivity index (χ1v) is 9.06. The molecular formula is C15H23F2NO6S. The maximum atomic E-state index is 13.2. The first kappa shape index (κ1) is 23.1. The van der Waals surface area contributed by atoms with E-state index in [1.807, 2.05) is 6.92 Å². The van der Waals surface area contributed by atoms with Gasteiger partial charge in [0, 0.05) is 6.07 Å². The first-order chi connectivity index (χ1) is 11.5. The van der Waals surface area contributed by atoms with Gasteiger partial charge >= 0.3 is 6.09 Å². The molecule has 144 valence electrons. The SMILES string of the molecule is CCCCS(=O)(=O)O.Cc1cc(OC[C@H](C)OC(N)=O)c(F)cc1F. The average molecular weight is 383 g/mol. The van der Waals surface area contributed by atoms with Gasteiger partial charge in [-0.2, -0.15) is 8.42 Å². The average Bonchev–Trinajstić information content (AvgIpc) is 2.46. The van der Waals surface area contributed by atoms with Crippen molar-refractivity contribution in [2.24, 2.45) is 5.73 Å². The molecule has 0 fully saturated rings. The second kappa shape index (κ2) is 10.8. The van der Waals surface area contributed by atoms with Crippen molar-refractivity contribution in [1.82, 2.24) is 0 Å². The van der Waals surface area contributed by atoms with E-state index in [9.17, 15) is 22.0 Å². The van der Waals surface area contributed by atoms with E-state index in [0.717, 1.165) is 12.5 Å². The number of rotatable bonds is 7. The maximum absolute atomic E-state index is 13.2. The third-order valence-electron chi connectivity index (χ3n) is 2.76. The van der Waals surface area contributed by atoms with Crippen LogP contribution in [0.4, 0.5) is 13.6 Å². The molecule has 3 N–H and O–H groups in total. The molecule has 1 aromatic rings. The van der Waals surface area contributed by atoms with Gasteiger partial charge in [0.25, 0.3) is 10.1 Å². The first-order valence-electron chi connectivity index (χ1n) is 7.46. The third kappa shape index (κ3) is 11.3. The van der Waals surface area contributed by atoms with E-state index < -0.39 is 33.9 Å². The fourth-order valence-electron chi connectivity index (χ4n) is 1.51. The van der Waals surface area contributed by atoms with Gasteiger partial charge in [0.15, 0.2) is 11.6 Å². The number of hydrogen-bond donors (Lipinski definition) is 2. The lowest BCUT2D eigenvalue weighted by Gasteiger charge is -2.13. The lowest BCUT2D eigenvalue weighted by Crippen LogP contribution is -2.25. The zero-order chi connectivity index (χ0) is 19.6. The van der Waals surface area contributed by atoms with Gasteiger partial charge in [0.05, 0.1) is 5.75 Å². The molecule has 0 spiro atoms. The van der Waals surface area contributed by atoms with Gasteiger partial charge in [0.1, 0.15) is 18.5 Å². The topological polar surface area (TPSA) is 116 Å². The van der Waals surface area contributed by atoms with E-state index >= 15 is 0 Å². The number of aryl methyl sites for hydroxylation is 1. The number of hydrogen-bond acceptors (Lipinski definition) is 5. The minimum Gasteiger partial charge on any atom is -0.487 e. The lowest BCUT2D eigenvalue weighted by atomic mass is 10.2. The number of halogens is 2. The van der Waals surface area contributed by atoms with Gasteiger partial charge in [-0.1, -0.05) is 13.3 Å². The Kier molecular flexibility index (Phi) is 9.99. The highest BCUT2D eigenvalue weighted by Gasteiger charge is 2.11. The number of benzene rings is 1. The van der Waals surface area contributed by atoms with Crippen molar-refractivity contribution in [3.8, 4) is 5.75 Å². The summed E-state index contributed by atoms with van der Waals surface area (Å²) in [5, 5.41) is 0. The molecule has 0 aromatic heterocycles. The van der Waals surface area contributed by atoms with Crippen molar-refractivity contribution in [1.29, 1.82) is 0 Å². The zero-order valence-corrected chi connectivity index (χ0v) is 15.1. The number of carbonyl (C=O) groups is 1. The summed E-state index contributed by atoms with van der Waals surface area (Å²) < 4.78 is 63.9. The van der Waals surface area contributed by atoms with Crippen molar-refractivity contribution in [3.05, 3.63) is 29.3 Å². The number of primary amides is 1. The van der Waals surface area contributed by atoms with Crippen LogP contribution >= 0.6 is 0 Å². The van der Waals surface area contributed by atoms with Gasteiger partial charge in [-0.15, -0.1) is 0 Å². The van der Waals surface area contributed by atoms with Gasteiger partial charge in [0.2, 0.25) is 0 Å². The van der Waals surface area contributed by atoms with Crippen LogP contribution in [0, 0.1) is 18.6 Å². The van der Waals surface area contributed by atoms with Crippen LogP contribution in [0.1, 0.15) is 32.3 Å². The Labute approximate surface area is 145 Å². The summed E-state index contributed by atoms with van der Waals surface area (Å²) in [6.45, 7) is 4.83. The molecule has 0 unspecified atom stereocenters. The van der Waals surface area contributed by atoms with Gasteiger partial charge in [-0.25, -0.2) is 13.6 Å². The minimum absolute atomic E-state index is 0.0646. The van der Waals surface area contributed by atoms with Crippen molar-refractivity contribution in [3.63, 3.8) is 0 Å². The second-order valence-corrected chi connectivity index (χ2v) is 6.80. The summed E-state index contributed by atoms with van der Waals surface area (Å²) in [5.74, 6) is -1.65. The van der Waals surface area contributed by atoms with Crippen molar-refractivity contribution >= 4 is 16.2 Å². The lowest BCUT2D eigenvalue weighted by molar-refractivity contribution is 0.0810. The predicted molar refractivity (Wildman–Crippen MR) is 88.0 cm³/mol. The smallest absolute Gasteiger partial charge is 0.404 e. The highest BCUT2D eigenvalue weighted by atomic mass is 32.2. The van der Waals surface area contributed by atoms with Crippen LogP contribution in [0.2, 0.25) is 0 Å². The van der Waals surface area contributed by atoms with E-state index in [1.165, 1.54) is 13.0 Å². The van der Waals surface area contributed by atoms with Crippen molar-refractivity contribution < 1.29 is 36.0 Å². The number of ether oxygens (including phenoxy) is 2. The molecule has 0 aliphatic carbocycles. The molecule has 0 aliphatic rings. The van der Waals surface area contributed by atoms with E-state index in [1.54, 1.807) is 6.92 Å². The van der Waals surface area contributed by atoms with Crippen LogP contribution in [0.5, 0.6) is 5.75 Å². The zero-order valence-electron chi connectivity index (χ0n) is 14.3. The van der Waals surface area contributed by atoms with Crippen molar-refractivity contribution in [2.75, 3.05) is 12.4 Å². The van der Waals surface area contributed by atoms with Gasteiger partial charge < -0.3 is 15.2 Å². The van der Waals surface area contributed by atoms with Crippen LogP contribution in [-0.2, 0) is 14.9 Å². The number of unbranched alkanes of at least 4 members (excludes halogenated alkanes) is 1. The van der Waals surface area contributed by atoms with Crippen LogP contribution in [0.15, 0.2) is 12.1 Å². The highest BCUT2D eigenvalue weighted by molar-refractivity contribution is 7.85. The molecule has 1 atom stereocenters. The molecule has 0 radical (unpaired) electrons. The van der Waals surface area contributed by atoms with Gasteiger partial charge in [-0.3, -0.25) is 4.55 Å². The van der Waals surface area contributed by atoms with E-state index in [0.29, 0.717) is 6.42 Å². The van der Waals surface area contributed by atoms with Crippen LogP contribution in [0.3, 0.4) is 0 Å². The normalized spacial score (nSPS) is 11.9. The third-order valence-corrected chi connectivity index (χ3v) is 3.56. The molecule has 0 aliphatic heterocycles. The monoisotopic (exact) mass is 383 g/mol. The summed E-state index contributed by atoms with van der Waals surface area (Å²) in [6, 6.07) is 1.98. The molecule has 0 heterocycles. The number of amides is 1. The molecule has 0 bridgehead atoms. The van der Waals surface area contributed by atoms with Crippen LogP contribution in [-0.4, -0.2) is 37.5 Å². The second-order valence-electron chi connectivity index (χ2n) is 5.23. The maximum Gasteiger partial charge on any atom is 0.404 e. The van der Waals surface area contributed by atoms with E-state index in [4.69, 9.17) is 15.0 Å². The fraction of sp³-hybridized carbons (Fsp3) is 0.533. The molecule has 0 saturated heterocycles. The Bertz CT molecular complexity index is 666.